The zero-order chi connectivity index (χ0) is 14.3. The monoisotopic (exact) mass is 260 g/mol. The maximum Gasteiger partial charge on any atom is 0.407 e. The van der Waals surface area contributed by atoms with Crippen LogP contribution in [0.5, 0.6) is 0 Å². The zero-order valence-corrected chi connectivity index (χ0v) is 12.4. The number of nitrogens with one attached hydrogen (secondary N) is 2. The van der Waals surface area contributed by atoms with Gasteiger partial charge in [-0.25, -0.2) is 4.79 Å². The van der Waals surface area contributed by atoms with Crippen molar-refractivity contribution >= 4 is 6.09 Å². The van der Waals surface area contributed by atoms with E-state index in [0.29, 0.717) is 6.54 Å². The van der Waals surface area contributed by atoms with Crippen molar-refractivity contribution in [3.8, 4) is 0 Å². The second-order valence-electron chi connectivity index (χ2n) is 5.90. The highest BCUT2D eigenvalue weighted by molar-refractivity contribution is 5.67. The number of rotatable bonds is 6. The third-order valence-corrected chi connectivity index (χ3v) is 2.64. The van der Waals surface area contributed by atoms with Gasteiger partial charge in [-0.3, -0.25) is 0 Å². The summed E-state index contributed by atoms with van der Waals surface area (Å²) in [6.45, 7) is 12.1. The van der Waals surface area contributed by atoms with Gasteiger partial charge in [0.2, 0.25) is 0 Å². The minimum atomic E-state index is -0.473. The summed E-state index contributed by atoms with van der Waals surface area (Å²) in [7, 11) is 0. The Hall–Kier alpha value is -0.810. The molecule has 1 amide bonds. The largest absolute Gasteiger partial charge is 0.444 e. The molecule has 0 aliphatic rings. The number of alkyl carbamates (subject to hydrolysis) is 1. The Morgan fingerprint density at radius 1 is 1.28 bits per heavy atom. The van der Waals surface area contributed by atoms with Crippen molar-refractivity contribution in [1.82, 2.24) is 10.6 Å². The van der Waals surface area contributed by atoms with Gasteiger partial charge in [-0.15, -0.1) is 0 Å². The molecule has 0 aromatic carbocycles. The van der Waals surface area contributed by atoms with E-state index in [9.17, 15) is 4.79 Å². The van der Waals surface area contributed by atoms with Gasteiger partial charge in [-0.2, -0.15) is 0 Å². The molecule has 0 rings (SSSR count). The number of ether oxygens (including phenoxy) is 1. The highest BCUT2D eigenvalue weighted by atomic mass is 16.6. The van der Waals surface area contributed by atoms with E-state index >= 15 is 0 Å². The second-order valence-corrected chi connectivity index (χ2v) is 5.90. The summed E-state index contributed by atoms with van der Waals surface area (Å²) in [4.78, 5) is 11.4. The summed E-state index contributed by atoms with van der Waals surface area (Å²) in [5.41, 5.74) is -0.473. The summed E-state index contributed by atoms with van der Waals surface area (Å²) in [6, 6.07) is 0.326. The predicted molar refractivity (Wildman–Crippen MR) is 72.5 cm³/mol. The normalized spacial score (nSPS) is 16.8. The van der Waals surface area contributed by atoms with Crippen LogP contribution in [0.1, 0.15) is 41.5 Å². The van der Waals surface area contributed by atoms with E-state index in [-0.39, 0.29) is 24.6 Å². The van der Waals surface area contributed by atoms with Crippen molar-refractivity contribution in [3.05, 3.63) is 0 Å². The molecule has 0 spiro atoms. The molecule has 3 unspecified atom stereocenters. The molecule has 0 aliphatic carbocycles. The van der Waals surface area contributed by atoms with Crippen LogP contribution in [-0.4, -0.2) is 42.0 Å². The number of aliphatic hydroxyl groups is 1. The molecule has 0 heterocycles. The summed E-state index contributed by atoms with van der Waals surface area (Å²) >= 11 is 0. The fraction of sp³-hybridized carbons (Fsp3) is 0.923. The number of hydrogen-bond acceptors (Lipinski definition) is 4. The minimum Gasteiger partial charge on any atom is -0.444 e. The Morgan fingerprint density at radius 3 is 2.28 bits per heavy atom. The van der Waals surface area contributed by atoms with Crippen LogP contribution in [0, 0.1) is 5.92 Å². The van der Waals surface area contributed by atoms with Gasteiger partial charge >= 0.3 is 6.09 Å². The number of carbonyl (C=O) groups is 1. The third-order valence-electron chi connectivity index (χ3n) is 2.64. The molecule has 0 saturated carbocycles. The molecule has 0 aromatic rings. The minimum absolute atomic E-state index is 0.126. The van der Waals surface area contributed by atoms with Gasteiger partial charge in [-0.1, -0.05) is 6.92 Å². The first-order valence-electron chi connectivity index (χ1n) is 6.49. The smallest absolute Gasteiger partial charge is 0.407 e. The van der Waals surface area contributed by atoms with E-state index in [1.807, 2.05) is 41.5 Å². The van der Waals surface area contributed by atoms with Gasteiger partial charge in [0.25, 0.3) is 0 Å². The van der Waals surface area contributed by atoms with Crippen LogP contribution in [0.3, 0.4) is 0 Å². The summed E-state index contributed by atoms with van der Waals surface area (Å²) in [5, 5.41) is 15.1. The predicted octanol–water partition coefficient (Wildman–Crippen LogP) is 1.51. The molecule has 108 valence electrons. The summed E-state index contributed by atoms with van der Waals surface area (Å²) in [5.74, 6) is 0.189. The number of aliphatic hydroxyl groups excluding tert-OH is 1. The van der Waals surface area contributed by atoms with E-state index < -0.39 is 11.7 Å². The maximum absolute atomic E-state index is 11.4. The van der Waals surface area contributed by atoms with Crippen LogP contribution in [-0.2, 0) is 4.74 Å². The van der Waals surface area contributed by atoms with Crippen LogP contribution in [0.25, 0.3) is 0 Å². The maximum atomic E-state index is 11.4. The van der Waals surface area contributed by atoms with Gasteiger partial charge in [-0.05, 0) is 40.5 Å². The lowest BCUT2D eigenvalue weighted by molar-refractivity contribution is 0.0521. The average Bonchev–Trinajstić information content (AvgIpc) is 2.22. The van der Waals surface area contributed by atoms with Gasteiger partial charge < -0.3 is 20.5 Å². The van der Waals surface area contributed by atoms with Crippen molar-refractivity contribution in [2.45, 2.75) is 59.2 Å². The molecule has 3 N–H and O–H groups in total. The molecule has 18 heavy (non-hydrogen) atoms. The lowest BCUT2D eigenvalue weighted by atomic mass is 10.0. The molecule has 0 aliphatic heterocycles. The van der Waals surface area contributed by atoms with Crippen molar-refractivity contribution in [1.29, 1.82) is 0 Å². The van der Waals surface area contributed by atoms with E-state index in [1.165, 1.54) is 0 Å². The van der Waals surface area contributed by atoms with Crippen LogP contribution >= 0.6 is 0 Å². The van der Waals surface area contributed by atoms with Gasteiger partial charge in [0.1, 0.15) is 5.60 Å². The fourth-order valence-electron chi connectivity index (χ4n) is 1.38. The molecule has 0 radical (unpaired) electrons. The Kier molecular flexibility index (Phi) is 7.25. The van der Waals surface area contributed by atoms with E-state index in [4.69, 9.17) is 9.84 Å². The van der Waals surface area contributed by atoms with Crippen LogP contribution < -0.4 is 10.6 Å². The third kappa shape index (κ3) is 8.31. The Bertz CT molecular complexity index is 251. The first-order chi connectivity index (χ1) is 8.15. The summed E-state index contributed by atoms with van der Waals surface area (Å²) < 4.78 is 5.14. The van der Waals surface area contributed by atoms with Gasteiger partial charge in [0.15, 0.2) is 0 Å². The quantitative estimate of drug-likeness (QED) is 0.677. The topological polar surface area (TPSA) is 70.6 Å². The van der Waals surface area contributed by atoms with Crippen molar-refractivity contribution in [3.63, 3.8) is 0 Å². The van der Waals surface area contributed by atoms with E-state index in [0.717, 1.165) is 0 Å². The zero-order valence-electron chi connectivity index (χ0n) is 12.4. The average molecular weight is 260 g/mol. The molecule has 0 aromatic heterocycles. The van der Waals surface area contributed by atoms with Crippen molar-refractivity contribution < 1.29 is 14.6 Å². The molecule has 3 atom stereocenters. The number of hydrogen-bond donors (Lipinski definition) is 3. The molecule has 0 saturated heterocycles. The highest BCUT2D eigenvalue weighted by Crippen LogP contribution is 2.06. The SMILES string of the molecule is CC(CNC(=O)OC(C)(C)C)NC(C)C(C)CO. The highest BCUT2D eigenvalue weighted by Gasteiger charge is 2.17. The molecule has 0 bridgehead atoms. The second kappa shape index (κ2) is 7.59. The first-order valence-corrected chi connectivity index (χ1v) is 6.49. The Balaban J connectivity index is 3.90. The van der Waals surface area contributed by atoms with Crippen LogP contribution in [0.2, 0.25) is 0 Å². The van der Waals surface area contributed by atoms with Gasteiger partial charge in [0.05, 0.1) is 0 Å². The lowest BCUT2D eigenvalue weighted by Gasteiger charge is -2.25. The Labute approximate surface area is 110 Å². The first kappa shape index (κ1) is 17.2. The molecule has 5 heteroatoms. The summed E-state index contributed by atoms with van der Waals surface area (Å²) in [6.07, 6.45) is -0.404. The van der Waals surface area contributed by atoms with E-state index in [1.54, 1.807) is 0 Å². The van der Waals surface area contributed by atoms with Crippen molar-refractivity contribution in [2.75, 3.05) is 13.2 Å². The van der Waals surface area contributed by atoms with Crippen LogP contribution in [0.15, 0.2) is 0 Å². The number of amides is 1. The van der Waals surface area contributed by atoms with Gasteiger partial charge in [0, 0.05) is 25.2 Å². The fourth-order valence-corrected chi connectivity index (χ4v) is 1.38. The Morgan fingerprint density at radius 2 is 1.83 bits per heavy atom. The van der Waals surface area contributed by atoms with E-state index in [2.05, 4.69) is 10.6 Å². The molecular weight excluding hydrogens is 232 g/mol. The van der Waals surface area contributed by atoms with Crippen LogP contribution in [0.4, 0.5) is 4.79 Å². The number of carbonyl (C=O) groups excluding carboxylic acids is 1. The standard InChI is InChI=1S/C13H28N2O3/c1-9(8-16)11(3)15-10(2)7-14-12(17)18-13(4,5)6/h9-11,15-16H,7-8H2,1-6H3,(H,14,17). The molecule has 0 fully saturated rings. The lowest BCUT2D eigenvalue weighted by Crippen LogP contribution is -2.46. The van der Waals surface area contributed by atoms with Crippen molar-refractivity contribution in [2.24, 2.45) is 5.92 Å². The molecular formula is C13H28N2O3. The molecule has 5 nitrogen and oxygen atoms in total.